The Labute approximate surface area is 70.5 Å². The topological polar surface area (TPSA) is 112 Å². The van der Waals surface area contributed by atoms with E-state index in [-0.39, 0.29) is 17.8 Å². The number of ether oxygens (including phenoxy) is 1. The maximum absolute atomic E-state index is 7.22. The number of nitrogens with two attached hydrogens (primary N) is 2. The summed E-state index contributed by atoms with van der Waals surface area (Å²) < 4.78 is 5.11. The van der Waals surface area contributed by atoms with Crippen molar-refractivity contribution in [3.8, 4) is 0 Å². The van der Waals surface area contributed by atoms with Gasteiger partial charge in [0.15, 0.2) is 5.96 Å². The lowest BCUT2D eigenvalue weighted by Crippen LogP contribution is -2.56. The highest BCUT2D eigenvalue weighted by Gasteiger charge is 2.25. The SMILES string of the molecule is N=C(N)C1COCCN1C(=N)N. The molecule has 0 radical (unpaired) electrons. The maximum Gasteiger partial charge on any atom is 0.189 e. The number of hydrogen-bond acceptors (Lipinski definition) is 3. The average molecular weight is 171 g/mol. The molecule has 1 aliphatic heterocycles. The van der Waals surface area contributed by atoms with Crippen LogP contribution in [0.2, 0.25) is 0 Å². The summed E-state index contributed by atoms with van der Waals surface area (Å²) in [5.41, 5.74) is 10.6. The van der Waals surface area contributed by atoms with Crippen LogP contribution in [-0.2, 0) is 4.74 Å². The van der Waals surface area contributed by atoms with Crippen LogP contribution in [0.5, 0.6) is 0 Å². The number of hydrogen-bond donors (Lipinski definition) is 4. The van der Waals surface area contributed by atoms with Gasteiger partial charge < -0.3 is 21.1 Å². The predicted octanol–water partition coefficient (Wildman–Crippen LogP) is -1.48. The van der Waals surface area contributed by atoms with Crippen molar-refractivity contribution in [1.82, 2.24) is 4.90 Å². The molecule has 0 bridgehead atoms. The second-order valence-electron chi connectivity index (χ2n) is 2.62. The van der Waals surface area contributed by atoms with Crippen molar-refractivity contribution in [3.63, 3.8) is 0 Å². The third-order valence-electron chi connectivity index (χ3n) is 1.80. The molecule has 6 nitrogen and oxygen atoms in total. The van der Waals surface area contributed by atoms with Crippen LogP contribution in [0.15, 0.2) is 0 Å². The Hall–Kier alpha value is -1.30. The van der Waals surface area contributed by atoms with Gasteiger partial charge in [0.1, 0.15) is 11.9 Å². The second kappa shape index (κ2) is 3.40. The fourth-order valence-corrected chi connectivity index (χ4v) is 1.15. The third kappa shape index (κ3) is 1.65. The molecule has 6 N–H and O–H groups in total. The Morgan fingerprint density at radius 2 is 2.08 bits per heavy atom. The molecular weight excluding hydrogens is 158 g/mol. The van der Waals surface area contributed by atoms with Gasteiger partial charge in [-0.05, 0) is 0 Å². The van der Waals surface area contributed by atoms with Crippen LogP contribution in [0, 0.1) is 10.8 Å². The quantitative estimate of drug-likeness (QED) is 0.284. The van der Waals surface area contributed by atoms with Crippen LogP contribution in [0.25, 0.3) is 0 Å². The first kappa shape index (κ1) is 8.79. The minimum atomic E-state index is -0.365. The van der Waals surface area contributed by atoms with E-state index >= 15 is 0 Å². The number of nitrogens with zero attached hydrogens (tertiary/aromatic N) is 1. The standard InChI is InChI=1S/C6H13N5O/c7-5(8)4-3-12-2-1-11(4)6(9)10/h4H,1-3H2,(H3,7,8)(H3,9,10). The Kier molecular flexibility index (Phi) is 2.49. The van der Waals surface area contributed by atoms with Crippen molar-refractivity contribution in [2.24, 2.45) is 11.5 Å². The minimum absolute atomic E-state index is 0.00935. The van der Waals surface area contributed by atoms with Gasteiger partial charge in [0.25, 0.3) is 0 Å². The molecule has 1 atom stereocenters. The van der Waals surface area contributed by atoms with Gasteiger partial charge in [-0.25, -0.2) is 0 Å². The highest BCUT2D eigenvalue weighted by molar-refractivity contribution is 5.88. The first-order valence-corrected chi connectivity index (χ1v) is 3.65. The Morgan fingerprint density at radius 1 is 1.42 bits per heavy atom. The number of guanidine groups is 1. The Balaban J connectivity index is 2.67. The summed E-state index contributed by atoms with van der Waals surface area (Å²) in [6, 6.07) is -0.365. The molecule has 1 saturated heterocycles. The van der Waals surface area contributed by atoms with Gasteiger partial charge in [-0.2, -0.15) is 0 Å². The molecule has 0 aromatic rings. The summed E-state index contributed by atoms with van der Waals surface area (Å²) in [4.78, 5) is 1.56. The van der Waals surface area contributed by atoms with Gasteiger partial charge in [-0.3, -0.25) is 10.8 Å². The largest absolute Gasteiger partial charge is 0.386 e. The zero-order valence-corrected chi connectivity index (χ0v) is 6.71. The Bertz CT molecular complexity index is 182. The fourth-order valence-electron chi connectivity index (χ4n) is 1.15. The van der Waals surface area contributed by atoms with E-state index in [1.807, 2.05) is 0 Å². The molecule has 0 aromatic heterocycles. The van der Waals surface area contributed by atoms with E-state index in [2.05, 4.69) is 0 Å². The van der Waals surface area contributed by atoms with E-state index in [0.717, 1.165) is 0 Å². The molecule has 0 aliphatic carbocycles. The van der Waals surface area contributed by atoms with Crippen molar-refractivity contribution in [2.75, 3.05) is 19.8 Å². The number of morpholine rings is 1. The van der Waals surface area contributed by atoms with Crippen molar-refractivity contribution in [1.29, 1.82) is 10.8 Å². The summed E-state index contributed by atoms with van der Waals surface area (Å²) in [7, 11) is 0. The molecule has 0 spiro atoms. The Morgan fingerprint density at radius 3 is 2.50 bits per heavy atom. The number of amidine groups is 1. The average Bonchev–Trinajstić information content (AvgIpc) is 2.04. The van der Waals surface area contributed by atoms with Gasteiger partial charge in [-0.15, -0.1) is 0 Å². The molecule has 6 heteroatoms. The van der Waals surface area contributed by atoms with E-state index in [1.165, 1.54) is 0 Å². The lowest BCUT2D eigenvalue weighted by molar-refractivity contribution is 0.0477. The molecule has 0 saturated carbocycles. The van der Waals surface area contributed by atoms with Gasteiger partial charge >= 0.3 is 0 Å². The van der Waals surface area contributed by atoms with E-state index in [9.17, 15) is 0 Å². The second-order valence-corrected chi connectivity index (χ2v) is 2.62. The first-order chi connectivity index (χ1) is 5.63. The van der Waals surface area contributed by atoms with E-state index in [1.54, 1.807) is 4.90 Å². The lowest BCUT2D eigenvalue weighted by atomic mass is 10.2. The molecule has 1 unspecified atom stereocenters. The van der Waals surface area contributed by atoms with Crippen LogP contribution >= 0.6 is 0 Å². The molecular formula is C6H13N5O. The molecule has 1 fully saturated rings. The van der Waals surface area contributed by atoms with Crippen molar-refractivity contribution in [3.05, 3.63) is 0 Å². The zero-order valence-electron chi connectivity index (χ0n) is 6.71. The van der Waals surface area contributed by atoms with Gasteiger partial charge in [0.05, 0.1) is 13.2 Å². The van der Waals surface area contributed by atoms with E-state index < -0.39 is 0 Å². The van der Waals surface area contributed by atoms with Crippen molar-refractivity contribution in [2.45, 2.75) is 6.04 Å². The summed E-state index contributed by atoms with van der Waals surface area (Å²) in [6.07, 6.45) is 0. The highest BCUT2D eigenvalue weighted by atomic mass is 16.5. The third-order valence-corrected chi connectivity index (χ3v) is 1.80. The summed E-state index contributed by atoms with van der Waals surface area (Å²) in [5.74, 6) is -0.0663. The normalized spacial score (nSPS) is 23.7. The van der Waals surface area contributed by atoms with Crippen molar-refractivity contribution >= 4 is 11.8 Å². The smallest absolute Gasteiger partial charge is 0.189 e. The molecule has 1 aliphatic rings. The molecule has 0 amide bonds. The van der Waals surface area contributed by atoms with Crippen molar-refractivity contribution < 1.29 is 4.74 Å². The van der Waals surface area contributed by atoms with Gasteiger partial charge in [-0.1, -0.05) is 0 Å². The zero-order chi connectivity index (χ0) is 9.14. The molecule has 1 heterocycles. The fraction of sp³-hybridized carbons (Fsp3) is 0.667. The molecule has 0 aromatic carbocycles. The monoisotopic (exact) mass is 171 g/mol. The number of rotatable bonds is 1. The van der Waals surface area contributed by atoms with Crippen LogP contribution in [-0.4, -0.2) is 42.5 Å². The highest BCUT2D eigenvalue weighted by Crippen LogP contribution is 2.04. The van der Waals surface area contributed by atoms with Crippen LogP contribution in [0.3, 0.4) is 0 Å². The van der Waals surface area contributed by atoms with E-state index in [4.69, 9.17) is 27.0 Å². The van der Waals surface area contributed by atoms with Gasteiger partial charge in [0.2, 0.25) is 0 Å². The molecule has 68 valence electrons. The first-order valence-electron chi connectivity index (χ1n) is 3.65. The van der Waals surface area contributed by atoms with Crippen LogP contribution < -0.4 is 11.5 Å². The maximum atomic E-state index is 7.22. The lowest BCUT2D eigenvalue weighted by Gasteiger charge is -2.34. The molecule has 12 heavy (non-hydrogen) atoms. The summed E-state index contributed by atoms with van der Waals surface area (Å²) in [5, 5.41) is 14.4. The van der Waals surface area contributed by atoms with Crippen LogP contribution in [0.1, 0.15) is 0 Å². The predicted molar refractivity (Wildman–Crippen MR) is 45.1 cm³/mol. The minimum Gasteiger partial charge on any atom is -0.386 e. The van der Waals surface area contributed by atoms with Gasteiger partial charge in [0, 0.05) is 6.54 Å². The van der Waals surface area contributed by atoms with E-state index in [0.29, 0.717) is 19.8 Å². The summed E-state index contributed by atoms with van der Waals surface area (Å²) in [6.45, 7) is 1.40. The molecule has 1 rings (SSSR count). The summed E-state index contributed by atoms with van der Waals surface area (Å²) >= 11 is 0. The van der Waals surface area contributed by atoms with Crippen LogP contribution in [0.4, 0.5) is 0 Å². The number of nitrogens with one attached hydrogen (secondary N) is 2.